The highest BCUT2D eigenvalue weighted by Crippen LogP contribution is 2.14. The summed E-state index contributed by atoms with van der Waals surface area (Å²) in [5.41, 5.74) is 1.84. The standard InChI is InChI=1S/C10H9N3O4S2/c14-9(15)8-3-1-2-7(4-8)5-19(16,17)13-10-12-11-6-18-10/h1-4,6H,5H2,(H,12,13)(H,14,15). The lowest BCUT2D eigenvalue weighted by molar-refractivity contribution is 0.0696. The zero-order chi connectivity index (χ0) is 13.9. The number of nitrogens with zero attached hydrogens (tertiary/aromatic N) is 2. The number of hydrogen-bond acceptors (Lipinski definition) is 6. The molecule has 9 heteroatoms. The highest BCUT2D eigenvalue weighted by Gasteiger charge is 2.14. The van der Waals surface area contributed by atoms with Crippen LogP contribution in [-0.4, -0.2) is 29.7 Å². The minimum atomic E-state index is -3.64. The normalized spacial score (nSPS) is 11.2. The first kappa shape index (κ1) is 13.4. The maximum absolute atomic E-state index is 11.8. The summed E-state index contributed by atoms with van der Waals surface area (Å²) in [5, 5.41) is 16.1. The number of nitrogens with one attached hydrogen (secondary N) is 1. The van der Waals surface area contributed by atoms with Gasteiger partial charge in [-0.25, -0.2) is 13.2 Å². The van der Waals surface area contributed by atoms with Crippen molar-refractivity contribution in [3.63, 3.8) is 0 Å². The summed E-state index contributed by atoms with van der Waals surface area (Å²) < 4.78 is 25.9. The number of benzene rings is 1. The van der Waals surface area contributed by atoms with Crippen molar-refractivity contribution in [2.24, 2.45) is 0 Å². The molecule has 0 bridgehead atoms. The zero-order valence-corrected chi connectivity index (χ0v) is 11.1. The number of carboxylic acid groups (broad SMARTS) is 1. The molecule has 1 aromatic heterocycles. The van der Waals surface area contributed by atoms with Crippen molar-refractivity contribution in [1.29, 1.82) is 0 Å². The highest BCUT2D eigenvalue weighted by molar-refractivity contribution is 7.92. The molecule has 1 aromatic carbocycles. The first-order valence-electron chi connectivity index (χ1n) is 5.05. The SMILES string of the molecule is O=C(O)c1cccc(CS(=O)(=O)Nc2nncs2)c1. The molecule has 0 saturated heterocycles. The van der Waals surface area contributed by atoms with Crippen LogP contribution in [0.1, 0.15) is 15.9 Å². The number of anilines is 1. The Morgan fingerprint density at radius 2 is 2.21 bits per heavy atom. The summed E-state index contributed by atoms with van der Waals surface area (Å²) >= 11 is 1.06. The fraction of sp³-hybridized carbons (Fsp3) is 0.100. The van der Waals surface area contributed by atoms with Gasteiger partial charge in [0.15, 0.2) is 0 Å². The maximum Gasteiger partial charge on any atom is 0.335 e. The van der Waals surface area contributed by atoms with E-state index in [1.807, 2.05) is 0 Å². The minimum Gasteiger partial charge on any atom is -0.478 e. The fourth-order valence-electron chi connectivity index (χ4n) is 1.40. The van der Waals surface area contributed by atoms with Gasteiger partial charge in [0.2, 0.25) is 15.2 Å². The van der Waals surface area contributed by atoms with Gasteiger partial charge in [0, 0.05) is 0 Å². The number of rotatable bonds is 5. The maximum atomic E-state index is 11.8. The van der Waals surface area contributed by atoms with E-state index >= 15 is 0 Å². The smallest absolute Gasteiger partial charge is 0.335 e. The minimum absolute atomic E-state index is 0.0450. The number of carboxylic acids is 1. The summed E-state index contributed by atoms with van der Waals surface area (Å²) in [6.45, 7) is 0. The Labute approximate surface area is 113 Å². The third-order valence-corrected chi connectivity index (χ3v) is 4.09. The number of carbonyl (C=O) groups is 1. The Hall–Kier alpha value is -2.00. The van der Waals surface area contributed by atoms with Crippen LogP contribution < -0.4 is 4.72 Å². The summed E-state index contributed by atoms with van der Waals surface area (Å²) in [6.07, 6.45) is 0. The monoisotopic (exact) mass is 299 g/mol. The Bertz CT molecular complexity index is 683. The number of aromatic nitrogens is 2. The molecule has 0 radical (unpaired) electrons. The van der Waals surface area contributed by atoms with Crippen LogP contribution in [-0.2, 0) is 15.8 Å². The van der Waals surface area contributed by atoms with Crippen LogP contribution in [0.3, 0.4) is 0 Å². The van der Waals surface area contributed by atoms with Crippen LogP contribution in [0.15, 0.2) is 29.8 Å². The predicted octanol–water partition coefficient (Wildman–Crippen LogP) is 1.18. The molecule has 19 heavy (non-hydrogen) atoms. The predicted molar refractivity (Wildman–Crippen MR) is 69.6 cm³/mol. The number of hydrogen-bond donors (Lipinski definition) is 2. The van der Waals surface area contributed by atoms with Crippen LogP contribution in [0.5, 0.6) is 0 Å². The lowest BCUT2D eigenvalue weighted by Crippen LogP contribution is -2.15. The largest absolute Gasteiger partial charge is 0.478 e. The van der Waals surface area contributed by atoms with E-state index in [1.54, 1.807) is 6.07 Å². The molecular weight excluding hydrogens is 290 g/mol. The summed E-state index contributed by atoms with van der Waals surface area (Å²) in [4.78, 5) is 10.8. The van der Waals surface area contributed by atoms with Crippen molar-refractivity contribution in [3.8, 4) is 0 Å². The van der Waals surface area contributed by atoms with E-state index in [0.29, 0.717) is 5.56 Å². The summed E-state index contributed by atoms with van der Waals surface area (Å²) in [7, 11) is -3.64. The second-order valence-electron chi connectivity index (χ2n) is 3.61. The van der Waals surface area contributed by atoms with Crippen LogP contribution in [0, 0.1) is 0 Å². The molecule has 0 aliphatic carbocycles. The van der Waals surface area contributed by atoms with E-state index in [1.165, 1.54) is 23.7 Å². The second-order valence-corrected chi connectivity index (χ2v) is 6.17. The molecule has 2 rings (SSSR count). The molecule has 0 unspecified atom stereocenters. The first-order valence-corrected chi connectivity index (χ1v) is 7.58. The Balaban J connectivity index is 2.16. The second kappa shape index (κ2) is 5.33. The van der Waals surface area contributed by atoms with Gasteiger partial charge in [0.1, 0.15) is 5.51 Å². The number of sulfonamides is 1. The van der Waals surface area contributed by atoms with Crippen molar-refractivity contribution in [2.75, 3.05) is 4.72 Å². The molecule has 0 fully saturated rings. The van der Waals surface area contributed by atoms with Crippen molar-refractivity contribution >= 4 is 32.5 Å². The molecule has 2 N–H and O–H groups in total. The van der Waals surface area contributed by atoms with Crippen molar-refractivity contribution in [3.05, 3.63) is 40.9 Å². The summed E-state index contributed by atoms with van der Waals surface area (Å²) in [5.74, 6) is -1.43. The van der Waals surface area contributed by atoms with Crippen LogP contribution >= 0.6 is 11.3 Å². The van der Waals surface area contributed by atoms with Gasteiger partial charge >= 0.3 is 5.97 Å². The lowest BCUT2D eigenvalue weighted by atomic mass is 10.1. The van der Waals surface area contributed by atoms with Crippen molar-refractivity contribution < 1.29 is 18.3 Å². The first-order chi connectivity index (χ1) is 8.96. The molecule has 2 aromatic rings. The van der Waals surface area contributed by atoms with E-state index in [-0.39, 0.29) is 16.4 Å². The molecule has 0 atom stereocenters. The molecule has 0 saturated carbocycles. The van der Waals surface area contributed by atoms with Gasteiger partial charge < -0.3 is 5.11 Å². The molecule has 7 nitrogen and oxygen atoms in total. The molecule has 0 aliphatic rings. The van der Waals surface area contributed by atoms with Gasteiger partial charge in [-0.1, -0.05) is 23.5 Å². The van der Waals surface area contributed by atoms with E-state index in [4.69, 9.17) is 5.11 Å². The van der Waals surface area contributed by atoms with Gasteiger partial charge in [-0.15, -0.1) is 10.2 Å². The fourth-order valence-corrected chi connectivity index (χ4v) is 3.26. The van der Waals surface area contributed by atoms with E-state index in [9.17, 15) is 13.2 Å². The van der Waals surface area contributed by atoms with Gasteiger partial charge in [-0.3, -0.25) is 4.72 Å². The molecule has 0 spiro atoms. The quantitative estimate of drug-likeness (QED) is 0.858. The Morgan fingerprint density at radius 1 is 1.42 bits per heavy atom. The van der Waals surface area contributed by atoms with Crippen molar-refractivity contribution in [1.82, 2.24) is 10.2 Å². The molecule has 0 amide bonds. The van der Waals surface area contributed by atoms with E-state index in [0.717, 1.165) is 11.3 Å². The average molecular weight is 299 g/mol. The van der Waals surface area contributed by atoms with Gasteiger partial charge in [-0.2, -0.15) is 0 Å². The molecule has 0 aliphatic heterocycles. The van der Waals surface area contributed by atoms with Crippen molar-refractivity contribution in [2.45, 2.75) is 5.75 Å². The Kier molecular flexibility index (Phi) is 3.76. The summed E-state index contributed by atoms with van der Waals surface area (Å²) in [6, 6.07) is 5.77. The van der Waals surface area contributed by atoms with E-state index < -0.39 is 16.0 Å². The topological polar surface area (TPSA) is 109 Å². The third-order valence-electron chi connectivity index (χ3n) is 2.13. The third kappa shape index (κ3) is 3.73. The average Bonchev–Trinajstić information content (AvgIpc) is 2.80. The highest BCUT2D eigenvalue weighted by atomic mass is 32.2. The molecule has 100 valence electrons. The van der Waals surface area contributed by atoms with Crippen LogP contribution in [0.2, 0.25) is 0 Å². The number of aromatic carboxylic acids is 1. The van der Waals surface area contributed by atoms with Crippen LogP contribution in [0.4, 0.5) is 5.13 Å². The lowest BCUT2D eigenvalue weighted by Gasteiger charge is -2.05. The Morgan fingerprint density at radius 3 is 2.84 bits per heavy atom. The van der Waals surface area contributed by atoms with Gasteiger partial charge in [0.25, 0.3) is 0 Å². The van der Waals surface area contributed by atoms with Gasteiger partial charge in [-0.05, 0) is 17.7 Å². The van der Waals surface area contributed by atoms with Crippen LogP contribution in [0.25, 0.3) is 0 Å². The zero-order valence-electron chi connectivity index (χ0n) is 9.48. The molecular formula is C10H9N3O4S2. The van der Waals surface area contributed by atoms with Gasteiger partial charge in [0.05, 0.1) is 11.3 Å². The molecule has 1 heterocycles. The van der Waals surface area contributed by atoms with E-state index in [2.05, 4.69) is 14.9 Å².